The molecule has 0 aromatic carbocycles. The summed E-state index contributed by atoms with van der Waals surface area (Å²) < 4.78 is 0.831. The lowest BCUT2D eigenvalue weighted by Gasteiger charge is -2.35. The largest absolute Gasteiger partial charge is 0.372 e. The standard InChI is InChI=1S/C15H21BrN4O/c1-17-14-13(8-12(16)9-18-14)15(21)20-6-4-19(5-7-20)10-11-2-3-11/h8-9,11H,2-7,10H2,1H3,(H,17,18). The Labute approximate surface area is 133 Å². The fourth-order valence-corrected chi connectivity index (χ4v) is 3.10. The van der Waals surface area contributed by atoms with E-state index in [2.05, 4.69) is 31.1 Å². The zero-order valence-corrected chi connectivity index (χ0v) is 13.9. The zero-order valence-electron chi connectivity index (χ0n) is 12.3. The number of nitrogens with zero attached hydrogens (tertiary/aromatic N) is 3. The molecule has 1 aliphatic carbocycles. The van der Waals surface area contributed by atoms with Gasteiger partial charge in [-0.25, -0.2) is 4.98 Å². The van der Waals surface area contributed by atoms with Crippen molar-refractivity contribution in [2.45, 2.75) is 12.8 Å². The minimum atomic E-state index is 0.0687. The van der Waals surface area contributed by atoms with Crippen molar-refractivity contribution in [2.24, 2.45) is 5.92 Å². The molecule has 0 radical (unpaired) electrons. The molecule has 1 saturated heterocycles. The first-order chi connectivity index (χ1) is 10.2. The second kappa shape index (κ2) is 6.32. The van der Waals surface area contributed by atoms with Crippen LogP contribution in [0.15, 0.2) is 16.7 Å². The molecule has 6 heteroatoms. The number of pyridine rings is 1. The van der Waals surface area contributed by atoms with Crippen LogP contribution in [0.4, 0.5) is 5.82 Å². The van der Waals surface area contributed by atoms with Gasteiger partial charge in [-0.05, 0) is 40.8 Å². The molecule has 1 aromatic heterocycles. The minimum absolute atomic E-state index is 0.0687. The third-order valence-corrected chi connectivity index (χ3v) is 4.63. The highest BCUT2D eigenvalue weighted by Crippen LogP contribution is 2.30. The molecule has 2 fully saturated rings. The Bertz CT molecular complexity index is 524. The maximum atomic E-state index is 12.7. The Kier molecular flexibility index (Phi) is 4.45. The fraction of sp³-hybridized carbons (Fsp3) is 0.600. The summed E-state index contributed by atoms with van der Waals surface area (Å²) in [4.78, 5) is 21.4. The summed E-state index contributed by atoms with van der Waals surface area (Å²) in [6, 6.07) is 1.84. The normalized spacial score (nSPS) is 19.6. The van der Waals surface area contributed by atoms with Gasteiger partial charge in [0.05, 0.1) is 5.56 Å². The van der Waals surface area contributed by atoms with Crippen molar-refractivity contribution in [3.05, 3.63) is 22.3 Å². The van der Waals surface area contributed by atoms with E-state index >= 15 is 0 Å². The summed E-state index contributed by atoms with van der Waals surface area (Å²) in [5.41, 5.74) is 0.641. The summed E-state index contributed by atoms with van der Waals surface area (Å²) in [7, 11) is 1.79. The van der Waals surface area contributed by atoms with Crippen LogP contribution in [0, 0.1) is 5.92 Å². The van der Waals surface area contributed by atoms with Crippen LogP contribution in [0.3, 0.4) is 0 Å². The Morgan fingerprint density at radius 2 is 2.10 bits per heavy atom. The number of hydrogen-bond acceptors (Lipinski definition) is 4. The van der Waals surface area contributed by atoms with Crippen LogP contribution < -0.4 is 5.32 Å². The third kappa shape index (κ3) is 3.55. The van der Waals surface area contributed by atoms with Crippen LogP contribution >= 0.6 is 15.9 Å². The lowest BCUT2D eigenvalue weighted by molar-refractivity contribution is 0.0632. The summed E-state index contributed by atoms with van der Waals surface area (Å²) >= 11 is 3.39. The Balaban J connectivity index is 1.64. The number of hydrogen-bond donors (Lipinski definition) is 1. The van der Waals surface area contributed by atoms with Gasteiger partial charge in [0.25, 0.3) is 5.91 Å². The molecule has 1 N–H and O–H groups in total. The highest BCUT2D eigenvalue weighted by molar-refractivity contribution is 9.10. The first kappa shape index (κ1) is 14.8. The number of halogens is 1. The van der Waals surface area contributed by atoms with Crippen LogP contribution in [0.5, 0.6) is 0 Å². The highest BCUT2D eigenvalue weighted by Gasteiger charge is 2.28. The molecule has 1 amide bonds. The van der Waals surface area contributed by atoms with Gasteiger partial charge in [0.1, 0.15) is 5.82 Å². The molecule has 0 atom stereocenters. The number of rotatable bonds is 4. The van der Waals surface area contributed by atoms with E-state index in [0.29, 0.717) is 11.4 Å². The van der Waals surface area contributed by atoms with E-state index in [1.807, 2.05) is 11.0 Å². The summed E-state index contributed by atoms with van der Waals surface area (Å²) in [5, 5.41) is 3.00. The lowest BCUT2D eigenvalue weighted by atomic mass is 10.2. The van der Waals surface area contributed by atoms with E-state index in [-0.39, 0.29) is 5.91 Å². The SMILES string of the molecule is CNc1ncc(Br)cc1C(=O)N1CCN(CC2CC2)CC1. The highest BCUT2D eigenvalue weighted by atomic mass is 79.9. The zero-order chi connectivity index (χ0) is 14.8. The first-order valence-corrected chi connectivity index (χ1v) is 8.31. The van der Waals surface area contributed by atoms with E-state index in [4.69, 9.17) is 0 Å². The summed E-state index contributed by atoms with van der Waals surface area (Å²) in [6.45, 7) is 4.79. The van der Waals surface area contributed by atoms with Gasteiger partial charge in [0, 0.05) is 50.4 Å². The van der Waals surface area contributed by atoms with Crippen molar-refractivity contribution >= 4 is 27.7 Å². The number of piperazine rings is 1. The van der Waals surface area contributed by atoms with E-state index in [0.717, 1.165) is 36.6 Å². The van der Waals surface area contributed by atoms with Gasteiger partial charge in [-0.2, -0.15) is 0 Å². The van der Waals surface area contributed by atoms with Gasteiger partial charge in [-0.3, -0.25) is 9.69 Å². The van der Waals surface area contributed by atoms with Gasteiger partial charge < -0.3 is 10.2 Å². The van der Waals surface area contributed by atoms with Crippen LogP contribution in [0.2, 0.25) is 0 Å². The molecule has 3 rings (SSSR count). The van der Waals surface area contributed by atoms with Crippen molar-refractivity contribution in [1.82, 2.24) is 14.8 Å². The van der Waals surface area contributed by atoms with E-state index in [1.165, 1.54) is 19.4 Å². The third-order valence-electron chi connectivity index (χ3n) is 4.19. The van der Waals surface area contributed by atoms with Crippen molar-refractivity contribution in [1.29, 1.82) is 0 Å². The molecular formula is C15H21BrN4O. The number of aromatic nitrogens is 1. The maximum absolute atomic E-state index is 12.7. The Morgan fingerprint density at radius 1 is 1.38 bits per heavy atom. The van der Waals surface area contributed by atoms with Crippen molar-refractivity contribution in [2.75, 3.05) is 45.1 Å². The molecule has 1 saturated carbocycles. The Hall–Kier alpha value is -1.14. The molecule has 1 aliphatic heterocycles. The van der Waals surface area contributed by atoms with Gasteiger partial charge >= 0.3 is 0 Å². The van der Waals surface area contributed by atoms with Gasteiger partial charge in [-0.1, -0.05) is 0 Å². The minimum Gasteiger partial charge on any atom is -0.372 e. The maximum Gasteiger partial charge on any atom is 0.257 e. The number of anilines is 1. The second-order valence-electron chi connectivity index (χ2n) is 5.84. The molecule has 5 nitrogen and oxygen atoms in total. The monoisotopic (exact) mass is 352 g/mol. The van der Waals surface area contributed by atoms with Crippen molar-refractivity contribution < 1.29 is 4.79 Å². The van der Waals surface area contributed by atoms with E-state index in [9.17, 15) is 4.79 Å². The molecule has 21 heavy (non-hydrogen) atoms. The van der Waals surface area contributed by atoms with Gasteiger partial charge in [0.2, 0.25) is 0 Å². The first-order valence-electron chi connectivity index (χ1n) is 7.52. The van der Waals surface area contributed by atoms with Gasteiger partial charge in [0.15, 0.2) is 0 Å². The number of amides is 1. The van der Waals surface area contributed by atoms with Crippen LogP contribution in [0.25, 0.3) is 0 Å². The second-order valence-corrected chi connectivity index (χ2v) is 6.75. The van der Waals surface area contributed by atoms with Gasteiger partial charge in [-0.15, -0.1) is 0 Å². The molecule has 114 valence electrons. The van der Waals surface area contributed by atoms with E-state index in [1.54, 1.807) is 13.2 Å². The fourth-order valence-electron chi connectivity index (χ4n) is 2.77. The van der Waals surface area contributed by atoms with Crippen molar-refractivity contribution in [3.8, 4) is 0 Å². The van der Waals surface area contributed by atoms with E-state index < -0.39 is 0 Å². The average molecular weight is 353 g/mol. The molecule has 2 aliphatic rings. The lowest BCUT2D eigenvalue weighted by Crippen LogP contribution is -2.49. The average Bonchev–Trinajstić information content (AvgIpc) is 3.31. The Morgan fingerprint density at radius 3 is 2.71 bits per heavy atom. The smallest absolute Gasteiger partial charge is 0.257 e. The topological polar surface area (TPSA) is 48.5 Å². The molecular weight excluding hydrogens is 332 g/mol. The molecule has 0 spiro atoms. The molecule has 0 unspecified atom stereocenters. The molecule has 2 heterocycles. The van der Waals surface area contributed by atoms with Crippen molar-refractivity contribution in [3.63, 3.8) is 0 Å². The number of carbonyl (C=O) groups excluding carboxylic acids is 1. The van der Waals surface area contributed by atoms with Crippen LogP contribution in [-0.4, -0.2) is 60.5 Å². The predicted molar refractivity (Wildman–Crippen MR) is 86.6 cm³/mol. The molecule has 0 bridgehead atoms. The predicted octanol–water partition coefficient (Wildman–Crippen LogP) is 2.05. The van der Waals surface area contributed by atoms with Crippen LogP contribution in [0.1, 0.15) is 23.2 Å². The van der Waals surface area contributed by atoms with Crippen LogP contribution in [-0.2, 0) is 0 Å². The summed E-state index contributed by atoms with van der Waals surface area (Å²) in [6.07, 6.45) is 4.47. The summed E-state index contributed by atoms with van der Waals surface area (Å²) in [5.74, 6) is 1.63. The molecule has 1 aromatic rings. The number of carbonyl (C=O) groups is 1. The quantitative estimate of drug-likeness (QED) is 0.900. The number of nitrogens with one attached hydrogen (secondary N) is 1.